The Morgan fingerprint density at radius 2 is 2.13 bits per heavy atom. The van der Waals surface area contributed by atoms with Crippen LogP contribution in [0.5, 0.6) is 5.75 Å². The van der Waals surface area contributed by atoms with Crippen LogP contribution in [0.2, 0.25) is 5.02 Å². The van der Waals surface area contributed by atoms with Gasteiger partial charge in [-0.25, -0.2) is 9.97 Å². The van der Waals surface area contributed by atoms with E-state index in [9.17, 15) is 14.0 Å². The van der Waals surface area contributed by atoms with E-state index in [1.165, 1.54) is 14.2 Å². The maximum Gasteiger partial charge on any atom is 0.328 e. The van der Waals surface area contributed by atoms with Gasteiger partial charge in [0.15, 0.2) is 11.6 Å². The number of alkyl halides is 2. The van der Waals surface area contributed by atoms with Crippen LogP contribution < -0.4 is 4.74 Å². The number of nitrogens with one attached hydrogen (secondary N) is 1. The van der Waals surface area contributed by atoms with Gasteiger partial charge in [0.05, 0.1) is 30.2 Å². The lowest BCUT2D eigenvalue weighted by Crippen LogP contribution is -2.21. The minimum atomic E-state index is -3.36. The third-order valence-corrected chi connectivity index (χ3v) is 5.19. The molecule has 1 aromatic carbocycles. The molecule has 0 atom stereocenters. The molecule has 3 aromatic heterocycles. The van der Waals surface area contributed by atoms with Crippen molar-refractivity contribution in [2.45, 2.75) is 5.92 Å². The Bertz CT molecular complexity index is 1310. The number of nitriles is 1. The summed E-state index contributed by atoms with van der Waals surface area (Å²) in [6.07, 6.45) is 4.79. The van der Waals surface area contributed by atoms with Crippen molar-refractivity contribution in [3.05, 3.63) is 41.2 Å². The first-order valence-corrected chi connectivity index (χ1v) is 9.29. The lowest BCUT2D eigenvalue weighted by Gasteiger charge is -2.10. The highest BCUT2D eigenvalue weighted by atomic mass is 35.5. The van der Waals surface area contributed by atoms with Crippen molar-refractivity contribution in [2.75, 3.05) is 20.8 Å². The maximum atomic E-state index is 14.3. The van der Waals surface area contributed by atoms with Crippen molar-refractivity contribution in [1.29, 1.82) is 5.26 Å². The SMILES string of the molecule is COCC(F)(F)c1nc(-c2c(-n3ccnc3)c3cc(OC)c(Cl)c(C#N)c3n2C)n[nH]1. The van der Waals surface area contributed by atoms with E-state index in [2.05, 4.69) is 31.0 Å². The van der Waals surface area contributed by atoms with Crippen LogP contribution in [0, 0.1) is 11.3 Å². The highest BCUT2D eigenvalue weighted by Crippen LogP contribution is 2.42. The van der Waals surface area contributed by atoms with Gasteiger partial charge < -0.3 is 18.6 Å². The molecule has 0 unspecified atom stereocenters. The summed E-state index contributed by atoms with van der Waals surface area (Å²) in [6.45, 7) is -0.851. The van der Waals surface area contributed by atoms with Crippen LogP contribution in [0.15, 0.2) is 24.8 Å². The number of nitrogens with zero attached hydrogens (tertiary/aromatic N) is 6. The van der Waals surface area contributed by atoms with E-state index in [-0.39, 0.29) is 16.4 Å². The molecule has 0 saturated heterocycles. The van der Waals surface area contributed by atoms with Gasteiger partial charge in [-0.3, -0.25) is 5.10 Å². The van der Waals surface area contributed by atoms with E-state index >= 15 is 0 Å². The molecule has 0 spiro atoms. The van der Waals surface area contributed by atoms with Crippen molar-refractivity contribution in [3.8, 4) is 29.0 Å². The Balaban J connectivity index is 2.07. The topological polar surface area (TPSA) is 107 Å². The van der Waals surface area contributed by atoms with Crippen molar-refractivity contribution < 1.29 is 18.3 Å². The van der Waals surface area contributed by atoms with Crippen molar-refractivity contribution in [2.24, 2.45) is 7.05 Å². The predicted octanol–water partition coefficient (Wildman–Crippen LogP) is 3.42. The average molecular weight is 448 g/mol. The number of hydrogen-bond donors (Lipinski definition) is 1. The highest BCUT2D eigenvalue weighted by molar-refractivity contribution is 6.34. The fraction of sp³-hybridized carbons (Fsp3) is 0.263. The molecule has 0 radical (unpaired) electrons. The van der Waals surface area contributed by atoms with E-state index in [1.807, 2.05) is 0 Å². The summed E-state index contributed by atoms with van der Waals surface area (Å²) in [5.74, 6) is -3.69. The number of aryl methyl sites for hydroxylation is 1. The zero-order chi connectivity index (χ0) is 22.3. The van der Waals surface area contributed by atoms with Gasteiger partial charge >= 0.3 is 5.92 Å². The number of methoxy groups -OCH3 is 2. The third kappa shape index (κ3) is 3.20. The third-order valence-electron chi connectivity index (χ3n) is 4.82. The monoisotopic (exact) mass is 447 g/mol. The number of benzene rings is 1. The molecule has 1 N–H and O–H groups in total. The van der Waals surface area contributed by atoms with E-state index in [0.717, 1.165) is 0 Å². The molecule has 0 bridgehead atoms. The van der Waals surface area contributed by atoms with Crippen LogP contribution in [0.1, 0.15) is 11.4 Å². The Kier molecular flexibility index (Phi) is 5.12. The predicted molar refractivity (Wildman–Crippen MR) is 107 cm³/mol. The Morgan fingerprint density at radius 3 is 2.74 bits per heavy atom. The quantitative estimate of drug-likeness (QED) is 0.485. The van der Waals surface area contributed by atoms with Gasteiger partial charge in [-0.05, 0) is 6.07 Å². The van der Waals surface area contributed by atoms with Crippen LogP contribution >= 0.6 is 11.6 Å². The molecule has 0 aliphatic carbocycles. The molecule has 0 saturated carbocycles. The van der Waals surface area contributed by atoms with Gasteiger partial charge in [-0.15, -0.1) is 0 Å². The summed E-state index contributed by atoms with van der Waals surface area (Å²) in [6, 6.07) is 3.77. The fourth-order valence-corrected chi connectivity index (χ4v) is 3.76. The van der Waals surface area contributed by atoms with Crippen molar-refractivity contribution in [1.82, 2.24) is 29.3 Å². The molecule has 4 aromatic rings. The van der Waals surface area contributed by atoms with E-state index in [1.54, 1.807) is 41.0 Å². The second-order valence-corrected chi connectivity index (χ2v) is 7.03. The number of rotatable bonds is 6. The first kappa shape index (κ1) is 20.8. The summed E-state index contributed by atoms with van der Waals surface area (Å²) in [5, 5.41) is 16.8. The summed E-state index contributed by atoms with van der Waals surface area (Å²) in [7, 11) is 4.28. The van der Waals surface area contributed by atoms with Crippen molar-refractivity contribution >= 4 is 22.5 Å². The minimum absolute atomic E-state index is 0.00663. The molecule has 0 aliphatic rings. The molecular weight excluding hydrogens is 432 g/mol. The molecule has 12 heteroatoms. The van der Waals surface area contributed by atoms with E-state index in [4.69, 9.17) is 16.3 Å². The summed E-state index contributed by atoms with van der Waals surface area (Å²) in [4.78, 5) is 8.09. The Labute approximate surface area is 179 Å². The number of hydrogen-bond acceptors (Lipinski definition) is 6. The van der Waals surface area contributed by atoms with Crippen LogP contribution in [0.3, 0.4) is 0 Å². The zero-order valence-corrected chi connectivity index (χ0v) is 17.4. The first-order valence-electron chi connectivity index (χ1n) is 8.91. The molecular formula is C19H16ClF2N7O2. The number of ether oxygens (including phenoxy) is 2. The van der Waals surface area contributed by atoms with Gasteiger partial charge in [0.2, 0.25) is 0 Å². The Morgan fingerprint density at radius 1 is 1.35 bits per heavy atom. The van der Waals surface area contributed by atoms with Gasteiger partial charge in [0, 0.05) is 31.9 Å². The summed E-state index contributed by atoms with van der Waals surface area (Å²) >= 11 is 6.36. The molecule has 9 nitrogen and oxygen atoms in total. The molecule has 0 fully saturated rings. The molecule has 31 heavy (non-hydrogen) atoms. The lowest BCUT2D eigenvalue weighted by atomic mass is 10.1. The highest BCUT2D eigenvalue weighted by Gasteiger charge is 2.37. The summed E-state index contributed by atoms with van der Waals surface area (Å²) in [5.41, 5.74) is 1.56. The molecule has 0 amide bonds. The van der Waals surface area contributed by atoms with Crippen LogP contribution in [-0.2, 0) is 17.7 Å². The maximum absolute atomic E-state index is 14.3. The van der Waals surface area contributed by atoms with Gasteiger partial charge in [0.1, 0.15) is 29.1 Å². The second kappa shape index (κ2) is 7.64. The lowest BCUT2D eigenvalue weighted by molar-refractivity contribution is -0.0763. The average Bonchev–Trinajstić information content (AvgIpc) is 3.47. The number of aromatic nitrogens is 6. The number of aromatic amines is 1. The van der Waals surface area contributed by atoms with Gasteiger partial charge in [-0.2, -0.15) is 19.1 Å². The molecule has 0 aliphatic heterocycles. The number of H-pyrrole nitrogens is 1. The van der Waals surface area contributed by atoms with Crippen LogP contribution in [0.4, 0.5) is 8.78 Å². The van der Waals surface area contributed by atoms with Crippen LogP contribution in [0.25, 0.3) is 28.1 Å². The minimum Gasteiger partial charge on any atom is -0.495 e. The number of imidazole rings is 1. The normalized spacial score (nSPS) is 11.8. The smallest absolute Gasteiger partial charge is 0.328 e. The van der Waals surface area contributed by atoms with E-state index < -0.39 is 18.4 Å². The van der Waals surface area contributed by atoms with E-state index in [0.29, 0.717) is 28.0 Å². The largest absolute Gasteiger partial charge is 0.495 e. The van der Waals surface area contributed by atoms with Gasteiger partial charge in [0.25, 0.3) is 0 Å². The molecule has 160 valence electrons. The zero-order valence-electron chi connectivity index (χ0n) is 16.7. The standard InChI is InChI=1S/C19H16ClF2N7O2/c1-28-14-10(6-12(31-3)13(20)11(14)7-23)15(29-5-4-24-9-29)16(28)17-25-18(27-26-17)19(21,22)8-30-2/h4-6,9H,8H2,1-3H3,(H,25,26,27). The van der Waals surface area contributed by atoms with Crippen molar-refractivity contribution in [3.63, 3.8) is 0 Å². The molecule has 4 rings (SSSR count). The van der Waals surface area contributed by atoms with Crippen LogP contribution in [-0.4, -0.2) is 50.1 Å². The summed E-state index contributed by atoms with van der Waals surface area (Å²) < 4.78 is 41.8. The number of fused-ring (bicyclic) bond motifs is 1. The molecule has 3 heterocycles. The Hall–Kier alpha value is -3.49. The first-order chi connectivity index (χ1) is 14.8. The fourth-order valence-electron chi connectivity index (χ4n) is 3.49. The second-order valence-electron chi connectivity index (χ2n) is 6.65. The van der Waals surface area contributed by atoms with Gasteiger partial charge in [-0.1, -0.05) is 11.6 Å². The number of halogens is 3.